The van der Waals surface area contributed by atoms with Crippen molar-refractivity contribution in [3.63, 3.8) is 0 Å². The molecular formula is C96H98O13Si. The van der Waals surface area contributed by atoms with E-state index in [0.717, 1.165) is 68.5 Å². The first kappa shape index (κ1) is 84.0. The molecule has 15 rings (SSSR count). The molecule has 0 saturated carbocycles. The van der Waals surface area contributed by atoms with Crippen molar-refractivity contribution in [1.29, 1.82) is 0 Å². The van der Waals surface area contributed by atoms with Gasteiger partial charge in [-0.2, -0.15) is 0 Å². The maximum atomic E-state index is 9.21. The van der Waals surface area contributed by atoms with Crippen LogP contribution in [0, 0.1) is 13.8 Å². The molecule has 14 aromatic carbocycles. The minimum Gasteiger partial charge on any atom is -0.508 e. The Morgan fingerprint density at radius 1 is 0.273 bits per heavy atom. The molecule has 0 unspecified atom stereocenters. The number of furan rings is 1. The zero-order chi connectivity index (χ0) is 78.4. The molecule has 0 aliphatic carbocycles. The Morgan fingerprint density at radius 3 is 0.982 bits per heavy atom. The highest BCUT2D eigenvalue weighted by Gasteiger charge is 2.32. The number of methoxy groups -OCH3 is 4. The van der Waals surface area contributed by atoms with Gasteiger partial charge in [-0.05, 0) is 164 Å². The van der Waals surface area contributed by atoms with Crippen molar-refractivity contribution in [1.82, 2.24) is 0 Å². The highest BCUT2D eigenvalue weighted by Crippen LogP contribution is 2.35. The lowest BCUT2D eigenvalue weighted by Gasteiger charge is -2.28. The van der Waals surface area contributed by atoms with Crippen LogP contribution in [0.25, 0.3) is 21.9 Å². The second kappa shape index (κ2) is 47.3. The van der Waals surface area contributed by atoms with Gasteiger partial charge in [0, 0.05) is 35.0 Å². The summed E-state index contributed by atoms with van der Waals surface area (Å²) >= 11 is 0. The van der Waals surface area contributed by atoms with Gasteiger partial charge in [0.2, 0.25) is 0 Å². The van der Waals surface area contributed by atoms with Crippen molar-refractivity contribution in [2.24, 2.45) is 0 Å². The first-order chi connectivity index (χ1) is 53.7. The highest BCUT2D eigenvalue weighted by molar-refractivity contribution is 6.93. The number of aryl methyl sites for hydroxylation is 2. The number of para-hydroxylation sites is 8. The van der Waals surface area contributed by atoms with Gasteiger partial charge in [-0.1, -0.05) is 251 Å². The summed E-state index contributed by atoms with van der Waals surface area (Å²) < 4.78 is 49.6. The second-order valence-electron chi connectivity index (χ2n) is 24.3. The van der Waals surface area contributed by atoms with Gasteiger partial charge in [0.1, 0.15) is 91.7 Å². The van der Waals surface area contributed by atoms with Gasteiger partial charge in [-0.3, -0.25) is 0 Å². The fourth-order valence-electron chi connectivity index (χ4n) is 10.9. The van der Waals surface area contributed by atoms with Crippen molar-refractivity contribution in [3.8, 4) is 92.0 Å². The molecule has 0 bridgehead atoms. The first-order valence-electron chi connectivity index (χ1n) is 36.0. The molecule has 0 spiro atoms. The highest BCUT2D eigenvalue weighted by atomic mass is 28.3. The van der Waals surface area contributed by atoms with Crippen molar-refractivity contribution in [2.45, 2.75) is 52.8 Å². The molecule has 1 heterocycles. The zero-order valence-corrected chi connectivity index (χ0v) is 64.8. The summed E-state index contributed by atoms with van der Waals surface area (Å²) in [6.07, 6.45) is 0. The van der Waals surface area contributed by atoms with E-state index >= 15 is 0 Å². The van der Waals surface area contributed by atoms with Gasteiger partial charge >= 0.3 is 0 Å². The second-order valence-corrected chi connectivity index (χ2v) is 29.5. The van der Waals surface area contributed by atoms with Crippen LogP contribution in [-0.4, -0.2) is 56.9 Å². The standard InChI is InChI=1S/C24H18O3.C18H22OSi.C12H10O2.C9H12O2.C8H10O.C7H8O.C6H6O2.C6H6O.C6H6/c1-3-9-19(10-4-1)25-21-13-7-15-23(17-21)27-24-16-8-14-22(18-24)26-20-11-5-2-6-12-20;1-4-20(5-2,6-3)17-13-9-11-15-14-10-7-8-12-16(14)19-18(15)17;13-10-5-4-8-12(9-10)14-11-6-2-1-3-7-11;1-7-5-4-6-8(10-2)9(7)11-3;1-7-4-3-5-8(6-7)9-2;1-8-7-5-3-2-4-6-7;7-5-2-1-3-6(8)4-5;7-6-4-2-1-3-5-6;1-2-4-6-5-3-1/h1-18H;7-13H,4-6H2,1-3H3;1-9,13H;4-6H,1-3H3;3-6H,1-2H3;2-6H,1H3;1-4,7-8H;1-5,7H;1-6H. The van der Waals surface area contributed by atoms with Gasteiger partial charge in [0.25, 0.3) is 0 Å². The number of hydrogen-bond donors (Lipinski definition) is 4. The molecule has 0 aliphatic rings. The first-order valence-corrected chi connectivity index (χ1v) is 38.7. The van der Waals surface area contributed by atoms with Crippen LogP contribution in [0.2, 0.25) is 18.1 Å². The van der Waals surface area contributed by atoms with Gasteiger partial charge in [0.15, 0.2) is 11.5 Å². The van der Waals surface area contributed by atoms with E-state index in [-0.39, 0.29) is 17.2 Å². The topological polar surface area (TPSA) is 168 Å². The lowest BCUT2D eigenvalue weighted by molar-refractivity contribution is 0.353. The number of aromatic hydroxyl groups is 4. The summed E-state index contributed by atoms with van der Waals surface area (Å²) in [6.45, 7) is 11.1. The van der Waals surface area contributed by atoms with E-state index in [0.29, 0.717) is 23.0 Å². The van der Waals surface area contributed by atoms with Crippen LogP contribution in [0.15, 0.2) is 374 Å². The molecule has 14 heteroatoms. The zero-order valence-electron chi connectivity index (χ0n) is 63.8. The van der Waals surface area contributed by atoms with E-state index in [9.17, 15) is 5.11 Å². The number of hydrogen-bond acceptors (Lipinski definition) is 13. The lowest BCUT2D eigenvalue weighted by Crippen LogP contribution is -2.45. The average Bonchev–Trinajstić information content (AvgIpc) is 1.60. The van der Waals surface area contributed by atoms with Gasteiger partial charge in [0.05, 0.1) is 36.5 Å². The fraction of sp³-hybridized carbons (Fsp3) is 0.125. The third kappa shape index (κ3) is 29.2. The average molecular weight is 1490 g/mol. The summed E-state index contributed by atoms with van der Waals surface area (Å²) in [7, 11) is 5.20. The number of phenols is 4. The van der Waals surface area contributed by atoms with E-state index in [2.05, 4.69) is 63.2 Å². The molecule has 0 atom stereocenters. The number of ether oxygens (including phenoxy) is 8. The van der Waals surface area contributed by atoms with E-state index < -0.39 is 8.07 Å². The number of rotatable bonds is 16. The Hall–Kier alpha value is -13.3. The Balaban J connectivity index is 0.000000181. The molecule has 15 aromatic rings. The summed E-state index contributed by atoms with van der Waals surface area (Å²) in [5.74, 6) is 9.93. The van der Waals surface area contributed by atoms with Crippen LogP contribution in [-0.2, 0) is 0 Å². The molecule has 1 aromatic heterocycles. The summed E-state index contributed by atoms with van der Waals surface area (Å²) in [5, 5.41) is 39.2. The van der Waals surface area contributed by atoms with Gasteiger partial charge < -0.3 is 62.7 Å². The Morgan fingerprint density at radius 2 is 0.609 bits per heavy atom. The Bertz CT molecular complexity index is 4850. The number of phenolic OH excluding ortho intramolecular Hbond substituents is 4. The fourth-order valence-corrected chi connectivity index (χ4v) is 14.7. The normalized spacial score (nSPS) is 9.94. The van der Waals surface area contributed by atoms with Crippen molar-refractivity contribution < 1.29 is 62.7 Å². The maximum absolute atomic E-state index is 9.21. The minimum absolute atomic E-state index is 0.0880. The summed E-state index contributed by atoms with van der Waals surface area (Å²) in [4.78, 5) is 0. The molecule has 0 saturated heterocycles. The molecule has 0 radical (unpaired) electrons. The molecule has 4 N–H and O–H groups in total. The predicted octanol–water partition coefficient (Wildman–Crippen LogP) is 25.4. The van der Waals surface area contributed by atoms with Gasteiger partial charge in [-0.15, -0.1) is 0 Å². The SMILES string of the molecule is CC[Si](CC)(CC)c1cccc2c1oc1ccccc12.COc1cccc(C)c1.COc1cccc(C)c1OC.COc1ccccc1.Oc1cccc(O)c1.Oc1cccc(Oc2ccccc2)c1.Oc1ccccc1.c1ccc(Oc2cccc(Oc3cccc(Oc4ccccc4)c3)c2)cc1.c1ccccc1. The minimum atomic E-state index is -1.41. The molecule has 13 nitrogen and oxygen atoms in total. The van der Waals surface area contributed by atoms with Crippen molar-refractivity contribution in [3.05, 3.63) is 381 Å². The van der Waals surface area contributed by atoms with Crippen LogP contribution in [0.1, 0.15) is 31.9 Å². The van der Waals surface area contributed by atoms with E-state index in [4.69, 9.17) is 57.6 Å². The maximum Gasteiger partial charge on any atom is 0.163 e. The van der Waals surface area contributed by atoms with Crippen LogP contribution in [0.3, 0.4) is 0 Å². The molecule has 0 aliphatic heterocycles. The third-order valence-electron chi connectivity index (χ3n) is 16.7. The quantitative estimate of drug-likeness (QED) is 0.0675. The predicted molar refractivity (Wildman–Crippen MR) is 450 cm³/mol. The van der Waals surface area contributed by atoms with Crippen LogP contribution < -0.4 is 43.1 Å². The smallest absolute Gasteiger partial charge is 0.163 e. The molecular weight excluding hydrogens is 1390 g/mol. The number of benzene rings is 14. The monoisotopic (exact) mass is 1490 g/mol. The summed E-state index contributed by atoms with van der Waals surface area (Å²) in [5.41, 5.74) is 4.48. The number of fused-ring (bicyclic) bond motifs is 3. The molecule has 110 heavy (non-hydrogen) atoms. The lowest BCUT2D eigenvalue weighted by atomic mass is 10.1. The van der Waals surface area contributed by atoms with Crippen LogP contribution in [0.5, 0.6) is 92.0 Å². The molecule has 564 valence electrons. The van der Waals surface area contributed by atoms with E-state index in [1.54, 1.807) is 83.0 Å². The molecule has 0 fully saturated rings. The summed E-state index contributed by atoms with van der Waals surface area (Å²) in [6, 6.07) is 120. The van der Waals surface area contributed by atoms with Crippen LogP contribution >= 0.6 is 0 Å². The Kier molecular flexibility index (Phi) is 36.1. The van der Waals surface area contributed by atoms with Crippen LogP contribution in [0.4, 0.5) is 0 Å². The Labute approximate surface area is 648 Å². The van der Waals surface area contributed by atoms with E-state index in [1.165, 1.54) is 57.9 Å². The largest absolute Gasteiger partial charge is 0.508 e. The van der Waals surface area contributed by atoms with Gasteiger partial charge in [-0.25, -0.2) is 0 Å². The van der Waals surface area contributed by atoms with Crippen molar-refractivity contribution >= 4 is 35.2 Å². The van der Waals surface area contributed by atoms with Crippen molar-refractivity contribution in [2.75, 3.05) is 28.4 Å². The molecule has 0 amide bonds. The van der Waals surface area contributed by atoms with E-state index in [1.807, 2.05) is 269 Å². The third-order valence-corrected chi connectivity index (χ3v) is 22.3.